The third-order valence-electron chi connectivity index (χ3n) is 3.43. The quantitative estimate of drug-likeness (QED) is 0.764. The van der Waals surface area contributed by atoms with E-state index in [9.17, 15) is 0 Å². The molecule has 3 rings (SSSR count). The number of likely N-dealkylation sites (N-methyl/N-ethyl adjacent to an activating group) is 1. The molecule has 2 aliphatic heterocycles. The van der Waals surface area contributed by atoms with Crippen LogP contribution in [-0.2, 0) is 22.5 Å². The molecule has 1 atom stereocenters. The normalized spacial score (nSPS) is 24.8. The lowest BCUT2D eigenvalue weighted by Gasteiger charge is -2.29. The Balaban J connectivity index is 1.90. The fraction of sp³-hybridized carbons (Fsp3) is 0.667. The van der Waals surface area contributed by atoms with Gasteiger partial charge in [-0.25, -0.2) is 9.97 Å². The molecule has 0 bridgehead atoms. The average molecular weight is 250 g/mol. The van der Waals surface area contributed by atoms with Crippen molar-refractivity contribution in [3.63, 3.8) is 0 Å². The molecule has 1 unspecified atom stereocenters. The zero-order valence-electron chi connectivity index (χ0n) is 10.6. The third-order valence-corrected chi connectivity index (χ3v) is 3.43. The lowest BCUT2D eigenvalue weighted by Crippen LogP contribution is -2.36. The molecule has 3 heterocycles. The molecule has 0 aromatic carbocycles. The standard InChI is InChI=1S/C12H18N4O2/c1-16-3-5-18-10(6-16)12-14-9-2-4-17-7-8(9)11(13)15-12/h10H,2-7H2,1H3,(H2,13,14,15). The van der Waals surface area contributed by atoms with Crippen molar-refractivity contribution in [3.8, 4) is 0 Å². The van der Waals surface area contributed by atoms with E-state index in [1.165, 1.54) is 0 Å². The first-order chi connectivity index (χ1) is 8.74. The van der Waals surface area contributed by atoms with Crippen LogP contribution >= 0.6 is 0 Å². The molecule has 2 N–H and O–H groups in total. The molecule has 1 saturated heterocycles. The maximum atomic E-state index is 5.98. The van der Waals surface area contributed by atoms with Gasteiger partial charge in [-0.05, 0) is 7.05 Å². The van der Waals surface area contributed by atoms with Crippen LogP contribution in [0.5, 0.6) is 0 Å². The van der Waals surface area contributed by atoms with Gasteiger partial charge in [0.15, 0.2) is 5.82 Å². The molecule has 0 amide bonds. The summed E-state index contributed by atoms with van der Waals surface area (Å²) in [5.41, 5.74) is 7.94. The summed E-state index contributed by atoms with van der Waals surface area (Å²) in [6, 6.07) is 0. The summed E-state index contributed by atoms with van der Waals surface area (Å²) < 4.78 is 11.1. The smallest absolute Gasteiger partial charge is 0.161 e. The van der Waals surface area contributed by atoms with Crippen LogP contribution in [0.15, 0.2) is 0 Å². The Hall–Kier alpha value is -1.24. The molecule has 18 heavy (non-hydrogen) atoms. The number of rotatable bonds is 1. The zero-order valence-corrected chi connectivity index (χ0v) is 10.6. The van der Waals surface area contributed by atoms with Gasteiger partial charge in [0.2, 0.25) is 0 Å². The summed E-state index contributed by atoms with van der Waals surface area (Å²) in [5.74, 6) is 1.24. The first-order valence-electron chi connectivity index (χ1n) is 6.27. The highest BCUT2D eigenvalue weighted by molar-refractivity contribution is 5.43. The molecular weight excluding hydrogens is 232 g/mol. The minimum Gasteiger partial charge on any atom is -0.383 e. The van der Waals surface area contributed by atoms with Crippen LogP contribution in [0.1, 0.15) is 23.2 Å². The molecule has 1 aromatic heterocycles. The minimum absolute atomic E-state index is 0.0702. The Labute approximate surface area is 106 Å². The summed E-state index contributed by atoms with van der Waals surface area (Å²) in [4.78, 5) is 11.2. The fourth-order valence-electron chi connectivity index (χ4n) is 2.35. The molecule has 6 nitrogen and oxygen atoms in total. The Morgan fingerprint density at radius 3 is 3.06 bits per heavy atom. The average Bonchev–Trinajstić information content (AvgIpc) is 2.39. The predicted molar refractivity (Wildman–Crippen MR) is 66.0 cm³/mol. The Morgan fingerprint density at radius 2 is 2.22 bits per heavy atom. The van der Waals surface area contributed by atoms with Gasteiger partial charge in [-0.2, -0.15) is 0 Å². The van der Waals surface area contributed by atoms with Gasteiger partial charge in [0.25, 0.3) is 0 Å². The second-order valence-electron chi connectivity index (χ2n) is 4.82. The molecule has 0 radical (unpaired) electrons. The van der Waals surface area contributed by atoms with E-state index in [0.29, 0.717) is 31.5 Å². The van der Waals surface area contributed by atoms with Gasteiger partial charge < -0.3 is 20.1 Å². The summed E-state index contributed by atoms with van der Waals surface area (Å²) >= 11 is 0. The third kappa shape index (κ3) is 2.19. The van der Waals surface area contributed by atoms with E-state index in [4.69, 9.17) is 15.2 Å². The van der Waals surface area contributed by atoms with Crippen LogP contribution < -0.4 is 5.73 Å². The van der Waals surface area contributed by atoms with E-state index in [1.807, 2.05) is 0 Å². The number of anilines is 1. The largest absolute Gasteiger partial charge is 0.383 e. The van der Waals surface area contributed by atoms with Crippen molar-refractivity contribution in [1.82, 2.24) is 14.9 Å². The molecule has 1 fully saturated rings. The summed E-state index contributed by atoms with van der Waals surface area (Å²) in [7, 11) is 2.07. The lowest BCUT2D eigenvalue weighted by molar-refractivity contribution is -0.0257. The van der Waals surface area contributed by atoms with Crippen molar-refractivity contribution in [3.05, 3.63) is 17.1 Å². The number of hydrogen-bond acceptors (Lipinski definition) is 6. The SMILES string of the molecule is CN1CCOC(c2nc(N)c3c(n2)CCOC3)C1. The Morgan fingerprint density at radius 1 is 1.33 bits per heavy atom. The van der Waals surface area contributed by atoms with Gasteiger partial charge in [0, 0.05) is 25.1 Å². The number of aromatic nitrogens is 2. The van der Waals surface area contributed by atoms with Crippen molar-refractivity contribution in [1.29, 1.82) is 0 Å². The van der Waals surface area contributed by atoms with Gasteiger partial charge in [0.05, 0.1) is 25.5 Å². The van der Waals surface area contributed by atoms with E-state index in [2.05, 4.69) is 21.9 Å². The molecule has 1 aromatic rings. The van der Waals surface area contributed by atoms with Crippen molar-refractivity contribution in [2.45, 2.75) is 19.1 Å². The fourth-order valence-corrected chi connectivity index (χ4v) is 2.35. The number of nitrogens with two attached hydrogens (primary N) is 1. The molecular formula is C12H18N4O2. The van der Waals surface area contributed by atoms with Crippen LogP contribution in [0.4, 0.5) is 5.82 Å². The van der Waals surface area contributed by atoms with E-state index >= 15 is 0 Å². The summed E-state index contributed by atoms with van der Waals surface area (Å²) in [6.45, 7) is 3.70. The first-order valence-corrected chi connectivity index (χ1v) is 6.27. The highest BCUT2D eigenvalue weighted by Crippen LogP contribution is 2.24. The van der Waals surface area contributed by atoms with E-state index in [-0.39, 0.29) is 6.10 Å². The van der Waals surface area contributed by atoms with Gasteiger partial charge in [-0.3, -0.25) is 0 Å². The zero-order chi connectivity index (χ0) is 12.5. The summed E-state index contributed by atoms with van der Waals surface area (Å²) in [6.07, 6.45) is 0.733. The topological polar surface area (TPSA) is 73.5 Å². The van der Waals surface area contributed by atoms with Crippen molar-refractivity contribution in [2.75, 3.05) is 39.1 Å². The highest BCUT2D eigenvalue weighted by atomic mass is 16.5. The van der Waals surface area contributed by atoms with Crippen LogP contribution in [0.2, 0.25) is 0 Å². The maximum absolute atomic E-state index is 5.98. The first kappa shape index (κ1) is 11.8. The number of fused-ring (bicyclic) bond motifs is 1. The van der Waals surface area contributed by atoms with Crippen molar-refractivity contribution >= 4 is 5.82 Å². The number of nitrogens with zero attached hydrogens (tertiary/aromatic N) is 3. The van der Waals surface area contributed by atoms with Crippen LogP contribution in [0.3, 0.4) is 0 Å². The predicted octanol–water partition coefficient (Wildman–Crippen LogP) is 0.135. The minimum atomic E-state index is -0.0702. The molecule has 0 spiro atoms. The number of nitrogen functional groups attached to an aromatic ring is 1. The highest BCUT2D eigenvalue weighted by Gasteiger charge is 2.25. The van der Waals surface area contributed by atoms with Crippen LogP contribution in [0, 0.1) is 0 Å². The number of ether oxygens (including phenoxy) is 2. The van der Waals surface area contributed by atoms with E-state index in [1.54, 1.807) is 0 Å². The molecule has 0 aliphatic carbocycles. The van der Waals surface area contributed by atoms with Crippen molar-refractivity contribution in [2.24, 2.45) is 0 Å². The lowest BCUT2D eigenvalue weighted by atomic mass is 10.1. The summed E-state index contributed by atoms with van der Waals surface area (Å²) in [5, 5.41) is 0. The Kier molecular flexibility index (Phi) is 3.15. The second kappa shape index (κ2) is 4.79. The molecule has 98 valence electrons. The van der Waals surface area contributed by atoms with Crippen LogP contribution in [0.25, 0.3) is 0 Å². The van der Waals surface area contributed by atoms with Crippen LogP contribution in [-0.4, -0.2) is 48.2 Å². The van der Waals surface area contributed by atoms with E-state index < -0.39 is 0 Å². The van der Waals surface area contributed by atoms with Gasteiger partial charge in [0.1, 0.15) is 11.9 Å². The van der Waals surface area contributed by atoms with Crippen molar-refractivity contribution < 1.29 is 9.47 Å². The second-order valence-corrected chi connectivity index (χ2v) is 4.82. The maximum Gasteiger partial charge on any atom is 0.161 e. The molecule has 6 heteroatoms. The molecule has 2 aliphatic rings. The van der Waals surface area contributed by atoms with E-state index in [0.717, 1.165) is 30.8 Å². The number of hydrogen-bond donors (Lipinski definition) is 1. The van der Waals surface area contributed by atoms with Gasteiger partial charge in [-0.1, -0.05) is 0 Å². The number of morpholine rings is 1. The molecule has 0 saturated carbocycles. The van der Waals surface area contributed by atoms with Gasteiger partial charge in [-0.15, -0.1) is 0 Å². The monoisotopic (exact) mass is 250 g/mol. The van der Waals surface area contributed by atoms with Gasteiger partial charge >= 0.3 is 0 Å². The Bertz CT molecular complexity index is 452.